The van der Waals surface area contributed by atoms with Crippen molar-refractivity contribution in [3.05, 3.63) is 35.4 Å². The first kappa shape index (κ1) is 8.22. The molecule has 0 radical (unpaired) electrons. The standard InChI is InChI=1S/C13H14O/c14-9-13(5-6-13)12-7-10-3-1-2-4-11(10)8-12/h1-4,9,12H,5-8H2. The molecule has 0 aromatic heterocycles. The van der Waals surface area contributed by atoms with E-state index in [1.807, 2.05) is 0 Å². The van der Waals surface area contributed by atoms with E-state index in [-0.39, 0.29) is 5.41 Å². The van der Waals surface area contributed by atoms with Crippen molar-refractivity contribution in [2.45, 2.75) is 25.7 Å². The molecule has 1 nitrogen and oxygen atoms in total. The summed E-state index contributed by atoms with van der Waals surface area (Å²) in [5.74, 6) is 0.595. The summed E-state index contributed by atoms with van der Waals surface area (Å²) in [5.41, 5.74) is 3.00. The largest absolute Gasteiger partial charge is 0.303 e. The number of fused-ring (bicyclic) bond motifs is 1. The van der Waals surface area contributed by atoms with E-state index >= 15 is 0 Å². The summed E-state index contributed by atoms with van der Waals surface area (Å²) in [7, 11) is 0. The lowest BCUT2D eigenvalue weighted by atomic mass is 9.88. The van der Waals surface area contributed by atoms with Crippen LogP contribution in [0, 0.1) is 11.3 Å². The van der Waals surface area contributed by atoms with Gasteiger partial charge in [-0.2, -0.15) is 0 Å². The van der Waals surface area contributed by atoms with Crippen LogP contribution in [0.25, 0.3) is 0 Å². The number of aldehydes is 1. The third-order valence-electron chi connectivity index (χ3n) is 3.93. The van der Waals surface area contributed by atoms with E-state index in [4.69, 9.17) is 0 Å². The van der Waals surface area contributed by atoms with Crippen LogP contribution < -0.4 is 0 Å². The number of carbonyl (C=O) groups excluding carboxylic acids is 1. The molecule has 0 heterocycles. The average molecular weight is 186 g/mol. The quantitative estimate of drug-likeness (QED) is 0.648. The fraction of sp³-hybridized carbons (Fsp3) is 0.462. The van der Waals surface area contributed by atoms with Gasteiger partial charge < -0.3 is 4.79 Å². The molecule has 2 aliphatic carbocycles. The minimum absolute atomic E-state index is 0.0685. The van der Waals surface area contributed by atoms with Crippen LogP contribution in [0.3, 0.4) is 0 Å². The first-order chi connectivity index (χ1) is 6.84. The lowest BCUT2D eigenvalue weighted by Gasteiger charge is -2.14. The SMILES string of the molecule is O=CC1(C2Cc3ccccc3C2)CC1. The Hall–Kier alpha value is -1.11. The Balaban J connectivity index is 1.88. The van der Waals surface area contributed by atoms with Crippen molar-refractivity contribution in [2.24, 2.45) is 11.3 Å². The molecule has 0 amide bonds. The Kier molecular flexibility index (Phi) is 1.58. The van der Waals surface area contributed by atoms with Crippen LogP contribution >= 0.6 is 0 Å². The first-order valence-corrected chi connectivity index (χ1v) is 5.37. The molecular weight excluding hydrogens is 172 g/mol. The maximum absolute atomic E-state index is 11.0. The van der Waals surface area contributed by atoms with Crippen LogP contribution in [0.4, 0.5) is 0 Å². The van der Waals surface area contributed by atoms with Crippen molar-refractivity contribution >= 4 is 6.29 Å². The van der Waals surface area contributed by atoms with E-state index in [1.165, 1.54) is 17.4 Å². The number of hydrogen-bond acceptors (Lipinski definition) is 1. The number of carbonyl (C=O) groups is 1. The first-order valence-electron chi connectivity index (χ1n) is 5.37. The fourth-order valence-electron chi connectivity index (χ4n) is 2.73. The van der Waals surface area contributed by atoms with E-state index < -0.39 is 0 Å². The van der Waals surface area contributed by atoms with Crippen LogP contribution in [-0.2, 0) is 17.6 Å². The Bertz CT molecular complexity index is 352. The highest BCUT2D eigenvalue weighted by atomic mass is 16.1. The normalized spacial score (nSPS) is 23.1. The van der Waals surface area contributed by atoms with Crippen molar-refractivity contribution in [1.82, 2.24) is 0 Å². The Morgan fingerprint density at radius 3 is 2.14 bits per heavy atom. The average Bonchev–Trinajstić information content (AvgIpc) is 2.91. The van der Waals surface area contributed by atoms with Gasteiger partial charge in [0.2, 0.25) is 0 Å². The minimum Gasteiger partial charge on any atom is -0.303 e. The minimum atomic E-state index is 0.0685. The Morgan fingerprint density at radius 2 is 1.71 bits per heavy atom. The third kappa shape index (κ3) is 1.05. The molecule has 0 aliphatic heterocycles. The zero-order chi connectivity index (χ0) is 9.60. The van der Waals surface area contributed by atoms with Gasteiger partial charge in [-0.05, 0) is 42.7 Å². The van der Waals surface area contributed by atoms with E-state index in [0.717, 1.165) is 25.7 Å². The van der Waals surface area contributed by atoms with Crippen molar-refractivity contribution < 1.29 is 4.79 Å². The molecule has 0 spiro atoms. The van der Waals surface area contributed by atoms with E-state index in [2.05, 4.69) is 24.3 Å². The van der Waals surface area contributed by atoms with Crippen LogP contribution in [-0.4, -0.2) is 6.29 Å². The van der Waals surface area contributed by atoms with Crippen LogP contribution in [0.15, 0.2) is 24.3 Å². The van der Waals surface area contributed by atoms with Crippen LogP contribution in [0.1, 0.15) is 24.0 Å². The highest BCUT2D eigenvalue weighted by Crippen LogP contribution is 2.54. The number of benzene rings is 1. The number of hydrogen-bond donors (Lipinski definition) is 0. The van der Waals surface area contributed by atoms with Crippen LogP contribution in [0.2, 0.25) is 0 Å². The number of rotatable bonds is 2. The molecule has 0 bridgehead atoms. The molecule has 1 saturated carbocycles. The molecule has 1 heteroatoms. The topological polar surface area (TPSA) is 17.1 Å². The van der Waals surface area contributed by atoms with Gasteiger partial charge in [0.05, 0.1) is 0 Å². The molecule has 72 valence electrons. The zero-order valence-corrected chi connectivity index (χ0v) is 8.20. The lowest BCUT2D eigenvalue weighted by Crippen LogP contribution is -2.17. The molecule has 0 unspecified atom stereocenters. The predicted octanol–water partition coefficient (Wildman–Crippen LogP) is 2.38. The second kappa shape index (κ2) is 2.69. The van der Waals surface area contributed by atoms with Gasteiger partial charge in [-0.3, -0.25) is 0 Å². The van der Waals surface area contributed by atoms with Crippen LogP contribution in [0.5, 0.6) is 0 Å². The van der Waals surface area contributed by atoms with Gasteiger partial charge in [0.15, 0.2) is 0 Å². The monoisotopic (exact) mass is 186 g/mol. The molecule has 1 aromatic carbocycles. The third-order valence-corrected chi connectivity index (χ3v) is 3.93. The zero-order valence-electron chi connectivity index (χ0n) is 8.20. The molecule has 3 rings (SSSR count). The summed E-state index contributed by atoms with van der Waals surface area (Å²) in [6.45, 7) is 0. The van der Waals surface area contributed by atoms with Gasteiger partial charge >= 0.3 is 0 Å². The Morgan fingerprint density at radius 1 is 1.14 bits per heavy atom. The van der Waals surface area contributed by atoms with E-state index in [9.17, 15) is 4.79 Å². The Labute approximate surface area is 84.1 Å². The molecule has 0 atom stereocenters. The summed E-state index contributed by atoms with van der Waals surface area (Å²) < 4.78 is 0. The molecule has 0 saturated heterocycles. The van der Waals surface area contributed by atoms with Gasteiger partial charge in [0.25, 0.3) is 0 Å². The van der Waals surface area contributed by atoms with Crippen molar-refractivity contribution in [3.63, 3.8) is 0 Å². The molecular formula is C13H14O. The molecule has 2 aliphatic rings. The van der Waals surface area contributed by atoms with Gasteiger partial charge in [0.1, 0.15) is 6.29 Å². The summed E-state index contributed by atoms with van der Waals surface area (Å²) in [6.07, 6.45) is 5.69. The lowest BCUT2D eigenvalue weighted by molar-refractivity contribution is -0.113. The van der Waals surface area contributed by atoms with Gasteiger partial charge in [-0.1, -0.05) is 24.3 Å². The maximum Gasteiger partial charge on any atom is 0.126 e. The van der Waals surface area contributed by atoms with Gasteiger partial charge in [0, 0.05) is 5.41 Å². The van der Waals surface area contributed by atoms with E-state index in [0.29, 0.717) is 5.92 Å². The van der Waals surface area contributed by atoms with Crippen molar-refractivity contribution in [3.8, 4) is 0 Å². The van der Waals surface area contributed by atoms with Gasteiger partial charge in [-0.25, -0.2) is 0 Å². The summed E-state index contributed by atoms with van der Waals surface area (Å²) in [4.78, 5) is 11.0. The fourth-order valence-corrected chi connectivity index (χ4v) is 2.73. The molecule has 14 heavy (non-hydrogen) atoms. The highest BCUT2D eigenvalue weighted by molar-refractivity contribution is 5.65. The summed E-state index contributed by atoms with van der Waals surface area (Å²) >= 11 is 0. The van der Waals surface area contributed by atoms with Crippen molar-refractivity contribution in [2.75, 3.05) is 0 Å². The maximum atomic E-state index is 11.0. The van der Waals surface area contributed by atoms with Gasteiger partial charge in [-0.15, -0.1) is 0 Å². The second-order valence-electron chi connectivity index (χ2n) is 4.72. The van der Waals surface area contributed by atoms with Crippen molar-refractivity contribution in [1.29, 1.82) is 0 Å². The second-order valence-corrected chi connectivity index (χ2v) is 4.72. The summed E-state index contributed by atoms with van der Waals surface area (Å²) in [5, 5.41) is 0. The molecule has 0 N–H and O–H groups in total. The predicted molar refractivity (Wildman–Crippen MR) is 55.1 cm³/mol. The molecule has 1 aromatic rings. The summed E-state index contributed by atoms with van der Waals surface area (Å²) in [6, 6.07) is 8.61. The highest BCUT2D eigenvalue weighted by Gasteiger charge is 2.50. The van der Waals surface area contributed by atoms with E-state index in [1.54, 1.807) is 0 Å². The smallest absolute Gasteiger partial charge is 0.126 e. The molecule has 1 fully saturated rings.